The summed E-state index contributed by atoms with van der Waals surface area (Å²) < 4.78 is 0. The highest BCUT2D eigenvalue weighted by Crippen LogP contribution is 2.20. The molecule has 0 aliphatic carbocycles. The van der Waals surface area contributed by atoms with E-state index >= 15 is 0 Å². The summed E-state index contributed by atoms with van der Waals surface area (Å²) in [5.74, 6) is 0.918. The van der Waals surface area contributed by atoms with Gasteiger partial charge in [0, 0.05) is 49.2 Å². The molecule has 1 unspecified atom stereocenters. The number of aryl methyl sites for hydroxylation is 2. The fraction of sp³-hybridized carbons (Fsp3) is 0.524. The van der Waals surface area contributed by atoms with Crippen LogP contribution in [0.3, 0.4) is 0 Å². The number of hydrogen-bond acceptors (Lipinski definition) is 4. The zero-order valence-electron chi connectivity index (χ0n) is 16.7. The highest BCUT2D eigenvalue weighted by atomic mass is 32.1. The molecule has 3 rings (SSSR count). The van der Waals surface area contributed by atoms with Crippen LogP contribution >= 0.6 is 11.3 Å². The lowest BCUT2D eigenvalue weighted by atomic mass is 10.3. The van der Waals surface area contributed by atoms with Gasteiger partial charge in [0.1, 0.15) is 0 Å². The van der Waals surface area contributed by atoms with Gasteiger partial charge >= 0.3 is 0 Å². The summed E-state index contributed by atoms with van der Waals surface area (Å²) >= 11 is 1.81. The van der Waals surface area contributed by atoms with Gasteiger partial charge in [0.2, 0.25) is 0 Å². The summed E-state index contributed by atoms with van der Waals surface area (Å²) in [6.07, 6.45) is 3.04. The van der Waals surface area contributed by atoms with Crippen LogP contribution in [0, 0.1) is 6.92 Å². The number of benzene rings is 1. The first-order valence-electron chi connectivity index (χ1n) is 9.99. The average molecular weight is 386 g/mol. The molecule has 2 heterocycles. The summed E-state index contributed by atoms with van der Waals surface area (Å²) in [4.78, 5) is 13.3. The number of thiazole rings is 1. The van der Waals surface area contributed by atoms with Crippen LogP contribution in [0.2, 0.25) is 0 Å². The molecular weight excluding hydrogens is 354 g/mol. The quantitative estimate of drug-likeness (QED) is 0.567. The second-order valence-corrected chi connectivity index (χ2v) is 8.17. The van der Waals surface area contributed by atoms with Crippen LogP contribution in [0.1, 0.15) is 35.8 Å². The van der Waals surface area contributed by atoms with E-state index in [4.69, 9.17) is 9.98 Å². The van der Waals surface area contributed by atoms with Gasteiger partial charge in [0.05, 0.1) is 10.7 Å². The molecule has 27 heavy (non-hydrogen) atoms. The smallest absolute Gasteiger partial charge is 0.191 e. The Bertz CT molecular complexity index is 740. The van der Waals surface area contributed by atoms with E-state index in [9.17, 15) is 0 Å². The Morgan fingerprint density at radius 2 is 2.11 bits per heavy atom. The highest BCUT2D eigenvalue weighted by molar-refractivity contribution is 7.11. The molecule has 1 fully saturated rings. The molecule has 0 saturated carbocycles. The van der Waals surface area contributed by atoms with Crippen molar-refractivity contribution in [3.63, 3.8) is 0 Å². The van der Waals surface area contributed by atoms with Gasteiger partial charge in [-0.3, -0.25) is 4.99 Å². The second kappa shape index (κ2) is 9.74. The van der Waals surface area contributed by atoms with Gasteiger partial charge in [-0.05, 0) is 38.8 Å². The second-order valence-electron chi connectivity index (χ2n) is 6.89. The van der Waals surface area contributed by atoms with Crippen LogP contribution in [0.5, 0.6) is 0 Å². The third-order valence-electron chi connectivity index (χ3n) is 4.86. The number of guanidine groups is 1. The predicted octanol–water partition coefficient (Wildman–Crippen LogP) is 3.39. The predicted molar refractivity (Wildman–Crippen MR) is 116 cm³/mol. The van der Waals surface area contributed by atoms with E-state index in [1.165, 1.54) is 21.3 Å². The molecule has 0 bridgehead atoms. The van der Waals surface area contributed by atoms with Crippen molar-refractivity contribution in [1.82, 2.24) is 15.6 Å². The number of anilines is 1. The first kappa shape index (κ1) is 19.7. The zero-order chi connectivity index (χ0) is 19.1. The number of hydrogen-bond donors (Lipinski definition) is 2. The summed E-state index contributed by atoms with van der Waals surface area (Å²) in [5, 5.41) is 8.19. The molecule has 2 aromatic rings. The molecule has 5 nitrogen and oxygen atoms in total. The van der Waals surface area contributed by atoms with Crippen LogP contribution in [-0.4, -0.2) is 43.2 Å². The largest absolute Gasteiger partial charge is 0.369 e. The highest BCUT2D eigenvalue weighted by Gasteiger charge is 2.23. The Kier molecular flexibility index (Phi) is 7.10. The van der Waals surface area contributed by atoms with Crippen LogP contribution in [-0.2, 0) is 12.8 Å². The molecule has 1 aromatic heterocycles. The molecule has 0 amide bonds. The lowest BCUT2D eigenvalue weighted by Crippen LogP contribution is -2.44. The van der Waals surface area contributed by atoms with Crippen molar-refractivity contribution in [1.29, 1.82) is 0 Å². The Balaban J connectivity index is 1.53. The SMILES string of the molecule is CCNC(=NCCc1nc(CC)c(C)s1)NC1CCN(c2ccccc2)C1. The number of rotatable bonds is 7. The van der Waals surface area contributed by atoms with E-state index in [1.54, 1.807) is 11.3 Å². The Hall–Kier alpha value is -2.08. The molecule has 1 saturated heterocycles. The average Bonchev–Trinajstić information content (AvgIpc) is 3.29. The van der Waals surface area contributed by atoms with E-state index in [-0.39, 0.29) is 0 Å². The molecule has 6 heteroatoms. The number of para-hydroxylation sites is 1. The number of aromatic nitrogens is 1. The normalized spacial score (nSPS) is 17.4. The molecule has 1 atom stereocenters. The third kappa shape index (κ3) is 5.45. The van der Waals surface area contributed by atoms with Crippen LogP contribution in [0.25, 0.3) is 0 Å². The van der Waals surface area contributed by atoms with E-state index in [1.807, 2.05) is 0 Å². The Labute approximate surface area is 166 Å². The fourth-order valence-electron chi connectivity index (χ4n) is 3.45. The van der Waals surface area contributed by atoms with Crippen LogP contribution in [0.4, 0.5) is 5.69 Å². The minimum atomic E-state index is 0.428. The van der Waals surface area contributed by atoms with Crippen molar-refractivity contribution in [2.75, 3.05) is 31.1 Å². The summed E-state index contributed by atoms with van der Waals surface area (Å²) in [7, 11) is 0. The number of nitrogens with one attached hydrogen (secondary N) is 2. The molecule has 2 N–H and O–H groups in total. The minimum absolute atomic E-state index is 0.428. The zero-order valence-corrected chi connectivity index (χ0v) is 17.5. The van der Waals surface area contributed by atoms with Gasteiger partial charge in [-0.15, -0.1) is 11.3 Å². The van der Waals surface area contributed by atoms with E-state index in [2.05, 4.69) is 66.6 Å². The van der Waals surface area contributed by atoms with Crippen molar-refractivity contribution in [2.45, 2.75) is 46.1 Å². The first-order valence-corrected chi connectivity index (χ1v) is 10.8. The monoisotopic (exact) mass is 385 g/mol. The Morgan fingerprint density at radius 1 is 1.30 bits per heavy atom. The lowest BCUT2D eigenvalue weighted by Gasteiger charge is -2.20. The molecular formula is C21H31N5S. The molecule has 1 aliphatic rings. The van der Waals surface area contributed by atoms with Gasteiger partial charge in [0.15, 0.2) is 5.96 Å². The number of nitrogens with zero attached hydrogens (tertiary/aromatic N) is 3. The van der Waals surface area contributed by atoms with Gasteiger partial charge in [-0.1, -0.05) is 25.1 Å². The summed E-state index contributed by atoms with van der Waals surface area (Å²) in [5.41, 5.74) is 2.53. The van der Waals surface area contributed by atoms with Crippen LogP contribution in [0.15, 0.2) is 35.3 Å². The van der Waals surface area contributed by atoms with E-state index in [0.717, 1.165) is 51.4 Å². The van der Waals surface area contributed by atoms with Gasteiger partial charge in [-0.2, -0.15) is 0 Å². The fourth-order valence-corrected chi connectivity index (χ4v) is 4.46. The topological polar surface area (TPSA) is 52.6 Å². The summed E-state index contributed by atoms with van der Waals surface area (Å²) in [6, 6.07) is 11.1. The molecule has 1 aliphatic heterocycles. The van der Waals surface area contributed by atoms with Gasteiger partial charge in [0.25, 0.3) is 0 Å². The molecule has 146 valence electrons. The standard InChI is InChI=1S/C21H31N5S/c1-4-19-16(3)27-20(25-19)11-13-23-21(22-5-2)24-17-12-14-26(15-17)18-9-7-6-8-10-18/h6-10,17H,4-5,11-15H2,1-3H3,(H2,22,23,24). The maximum atomic E-state index is 4.78. The summed E-state index contributed by atoms with van der Waals surface area (Å²) in [6.45, 7) is 10.2. The van der Waals surface area contributed by atoms with Crippen molar-refractivity contribution in [3.8, 4) is 0 Å². The van der Waals surface area contributed by atoms with Gasteiger partial charge < -0.3 is 15.5 Å². The molecule has 1 aromatic carbocycles. The van der Waals surface area contributed by atoms with E-state index < -0.39 is 0 Å². The van der Waals surface area contributed by atoms with Gasteiger partial charge in [-0.25, -0.2) is 4.98 Å². The lowest BCUT2D eigenvalue weighted by molar-refractivity contribution is 0.649. The maximum absolute atomic E-state index is 4.78. The van der Waals surface area contributed by atoms with Crippen molar-refractivity contribution >= 4 is 23.0 Å². The van der Waals surface area contributed by atoms with E-state index in [0.29, 0.717) is 6.04 Å². The third-order valence-corrected chi connectivity index (χ3v) is 5.93. The number of aliphatic imine (C=N–C) groups is 1. The van der Waals surface area contributed by atoms with Crippen molar-refractivity contribution in [2.24, 2.45) is 4.99 Å². The van der Waals surface area contributed by atoms with Crippen LogP contribution < -0.4 is 15.5 Å². The molecule has 0 radical (unpaired) electrons. The minimum Gasteiger partial charge on any atom is -0.369 e. The van der Waals surface area contributed by atoms with Crippen molar-refractivity contribution in [3.05, 3.63) is 45.9 Å². The maximum Gasteiger partial charge on any atom is 0.191 e. The first-order chi connectivity index (χ1) is 13.2. The molecule has 0 spiro atoms. The Morgan fingerprint density at radius 3 is 2.81 bits per heavy atom. The van der Waals surface area contributed by atoms with Crippen molar-refractivity contribution < 1.29 is 0 Å².